The second-order valence-corrected chi connectivity index (χ2v) is 11.7. The zero-order valence-corrected chi connectivity index (χ0v) is 22.7. The average molecular weight is 571 g/mol. The molecule has 0 fully saturated rings. The largest absolute Gasteiger partial charge is 0.271 e. The minimum absolute atomic E-state index is 0.0896. The smallest absolute Gasteiger partial charge is 0.243 e. The number of thioether (sulfide) groups is 1. The number of rotatable bonds is 8. The summed E-state index contributed by atoms with van der Waals surface area (Å²) >= 11 is 14.2. The lowest BCUT2D eigenvalue weighted by molar-refractivity contribution is 0.556. The minimum atomic E-state index is -3.95. The number of para-hydroxylation sites is 1. The first kappa shape index (κ1) is 25.7. The van der Waals surface area contributed by atoms with Crippen molar-refractivity contribution in [1.82, 2.24) is 24.5 Å². The standard InChI is InChI=1S/C26H21Cl2N5O2S2/c1-17(32-37(34,35)23-11-5-9-19-10-6-14-29-24(19)23)25-30-31-26(36-16-18-7-3-2-4-8-18)33(25)22-13-12-20(27)15-21(22)28/h2-15,17,32H,16H2,1H3. The van der Waals surface area contributed by atoms with Crippen molar-refractivity contribution in [3.63, 3.8) is 0 Å². The zero-order chi connectivity index (χ0) is 26.0. The molecule has 5 aromatic rings. The summed E-state index contributed by atoms with van der Waals surface area (Å²) in [4.78, 5) is 4.37. The number of nitrogens with zero attached hydrogens (tertiary/aromatic N) is 4. The van der Waals surface area contributed by atoms with Gasteiger partial charge in [0.1, 0.15) is 4.90 Å². The Morgan fingerprint density at radius 1 is 0.973 bits per heavy atom. The van der Waals surface area contributed by atoms with E-state index >= 15 is 0 Å². The fraction of sp³-hybridized carbons (Fsp3) is 0.115. The molecule has 0 bridgehead atoms. The van der Waals surface area contributed by atoms with Crippen LogP contribution in [0.3, 0.4) is 0 Å². The molecule has 2 aromatic heterocycles. The summed E-state index contributed by atoms with van der Waals surface area (Å²) in [5.74, 6) is 1.03. The Kier molecular flexibility index (Phi) is 7.50. The number of fused-ring (bicyclic) bond motifs is 1. The molecule has 0 aliphatic carbocycles. The molecule has 1 N–H and O–H groups in total. The Morgan fingerprint density at radius 2 is 1.76 bits per heavy atom. The monoisotopic (exact) mass is 569 g/mol. The fourth-order valence-electron chi connectivity index (χ4n) is 3.91. The third-order valence-corrected chi connectivity index (χ3v) is 8.73. The summed E-state index contributed by atoms with van der Waals surface area (Å²) in [5.41, 5.74) is 2.11. The van der Waals surface area contributed by atoms with Crippen LogP contribution in [-0.2, 0) is 15.8 Å². The minimum Gasteiger partial charge on any atom is -0.271 e. The van der Waals surface area contributed by atoms with Gasteiger partial charge < -0.3 is 0 Å². The molecule has 0 saturated heterocycles. The number of pyridine rings is 1. The third kappa shape index (κ3) is 5.51. The maximum absolute atomic E-state index is 13.4. The van der Waals surface area contributed by atoms with E-state index < -0.39 is 16.1 Å². The molecule has 2 heterocycles. The summed E-state index contributed by atoms with van der Waals surface area (Å²) in [6.07, 6.45) is 1.57. The third-order valence-electron chi connectivity index (χ3n) is 5.62. The van der Waals surface area contributed by atoms with Crippen LogP contribution in [0.2, 0.25) is 10.0 Å². The molecule has 0 amide bonds. The van der Waals surface area contributed by atoms with Crippen LogP contribution in [0.5, 0.6) is 0 Å². The Morgan fingerprint density at radius 3 is 2.54 bits per heavy atom. The van der Waals surface area contributed by atoms with Crippen LogP contribution in [-0.4, -0.2) is 28.2 Å². The topological polar surface area (TPSA) is 89.8 Å². The number of hydrogen-bond donors (Lipinski definition) is 1. The van der Waals surface area contributed by atoms with Gasteiger partial charge in [0.2, 0.25) is 10.0 Å². The van der Waals surface area contributed by atoms with Gasteiger partial charge in [-0.2, -0.15) is 0 Å². The molecular formula is C26H21Cl2N5O2S2. The lowest BCUT2D eigenvalue weighted by atomic mass is 10.2. The highest BCUT2D eigenvalue weighted by molar-refractivity contribution is 7.98. The van der Waals surface area contributed by atoms with E-state index in [1.165, 1.54) is 17.8 Å². The lowest BCUT2D eigenvalue weighted by Gasteiger charge is -2.18. The van der Waals surface area contributed by atoms with E-state index in [1.807, 2.05) is 42.5 Å². The van der Waals surface area contributed by atoms with E-state index in [4.69, 9.17) is 23.2 Å². The van der Waals surface area contributed by atoms with Crippen LogP contribution >= 0.6 is 35.0 Å². The van der Waals surface area contributed by atoms with Crippen LogP contribution in [0.1, 0.15) is 24.4 Å². The Labute approximate surface area is 228 Å². The lowest BCUT2D eigenvalue weighted by Crippen LogP contribution is -2.29. The number of benzene rings is 3. The second-order valence-electron chi connectivity index (χ2n) is 8.22. The molecule has 5 rings (SSSR count). The molecule has 0 aliphatic rings. The van der Waals surface area contributed by atoms with Gasteiger partial charge in [0, 0.05) is 22.4 Å². The second kappa shape index (κ2) is 10.8. The maximum Gasteiger partial charge on any atom is 0.243 e. The molecule has 3 aromatic carbocycles. The average Bonchev–Trinajstić information content (AvgIpc) is 3.31. The predicted octanol–water partition coefficient (Wildman–Crippen LogP) is 6.45. The number of nitrogens with one attached hydrogen (secondary N) is 1. The summed E-state index contributed by atoms with van der Waals surface area (Å²) < 4.78 is 31.4. The number of hydrogen-bond acceptors (Lipinski definition) is 6. The molecule has 1 unspecified atom stereocenters. The summed E-state index contributed by atoms with van der Waals surface area (Å²) in [6, 6.07) is 23.0. The quantitative estimate of drug-likeness (QED) is 0.216. The Hall–Kier alpha value is -2.95. The van der Waals surface area contributed by atoms with E-state index in [2.05, 4.69) is 19.9 Å². The van der Waals surface area contributed by atoms with Crippen molar-refractivity contribution in [3.05, 3.63) is 106 Å². The molecular weight excluding hydrogens is 549 g/mol. The fourth-order valence-corrected chi connectivity index (χ4v) is 6.69. The molecule has 0 saturated carbocycles. The van der Waals surface area contributed by atoms with Crippen LogP contribution < -0.4 is 4.72 Å². The normalized spacial score (nSPS) is 12.6. The van der Waals surface area contributed by atoms with Crippen molar-refractivity contribution >= 4 is 55.9 Å². The molecule has 37 heavy (non-hydrogen) atoms. The van der Waals surface area contributed by atoms with Gasteiger partial charge >= 0.3 is 0 Å². The van der Waals surface area contributed by atoms with E-state index in [0.29, 0.717) is 38.0 Å². The van der Waals surface area contributed by atoms with Gasteiger partial charge in [-0.25, -0.2) is 13.1 Å². The first-order valence-electron chi connectivity index (χ1n) is 11.3. The van der Waals surface area contributed by atoms with Crippen molar-refractivity contribution in [2.45, 2.75) is 28.8 Å². The van der Waals surface area contributed by atoms with Crippen molar-refractivity contribution < 1.29 is 8.42 Å². The van der Waals surface area contributed by atoms with E-state index in [1.54, 1.807) is 48.0 Å². The van der Waals surface area contributed by atoms with E-state index in [-0.39, 0.29) is 4.90 Å². The van der Waals surface area contributed by atoms with Gasteiger partial charge in [0.15, 0.2) is 11.0 Å². The molecule has 1 atom stereocenters. The molecule has 188 valence electrons. The highest BCUT2D eigenvalue weighted by Gasteiger charge is 2.27. The number of sulfonamides is 1. The van der Waals surface area contributed by atoms with Crippen molar-refractivity contribution in [2.24, 2.45) is 0 Å². The van der Waals surface area contributed by atoms with Crippen LogP contribution in [0.25, 0.3) is 16.6 Å². The van der Waals surface area contributed by atoms with Gasteiger partial charge in [-0.15, -0.1) is 10.2 Å². The summed E-state index contributed by atoms with van der Waals surface area (Å²) in [6.45, 7) is 1.71. The number of aromatic nitrogens is 4. The summed E-state index contributed by atoms with van der Waals surface area (Å²) in [7, 11) is -3.95. The van der Waals surface area contributed by atoms with Crippen LogP contribution in [0.15, 0.2) is 95.1 Å². The molecule has 0 radical (unpaired) electrons. The molecule has 7 nitrogen and oxygen atoms in total. The van der Waals surface area contributed by atoms with Crippen LogP contribution in [0, 0.1) is 0 Å². The van der Waals surface area contributed by atoms with E-state index in [0.717, 1.165) is 10.9 Å². The molecule has 0 spiro atoms. The maximum atomic E-state index is 13.4. The Balaban J connectivity index is 1.52. The van der Waals surface area contributed by atoms with Crippen molar-refractivity contribution in [1.29, 1.82) is 0 Å². The Bertz CT molecular complexity index is 1670. The number of halogens is 2. The summed E-state index contributed by atoms with van der Waals surface area (Å²) in [5, 5.41) is 10.9. The molecule has 11 heteroatoms. The first-order chi connectivity index (χ1) is 17.8. The highest BCUT2D eigenvalue weighted by Crippen LogP contribution is 2.33. The highest BCUT2D eigenvalue weighted by atomic mass is 35.5. The SMILES string of the molecule is CC(NS(=O)(=O)c1cccc2cccnc12)c1nnc(SCc2ccccc2)n1-c1ccc(Cl)cc1Cl. The van der Waals surface area contributed by atoms with Crippen LogP contribution in [0.4, 0.5) is 0 Å². The van der Waals surface area contributed by atoms with E-state index in [9.17, 15) is 8.42 Å². The first-order valence-corrected chi connectivity index (χ1v) is 14.5. The van der Waals surface area contributed by atoms with Gasteiger partial charge in [0.05, 0.1) is 22.3 Å². The van der Waals surface area contributed by atoms with Gasteiger partial charge in [-0.05, 0) is 42.8 Å². The van der Waals surface area contributed by atoms with Gasteiger partial charge in [-0.1, -0.05) is 83.5 Å². The van der Waals surface area contributed by atoms with Gasteiger partial charge in [-0.3, -0.25) is 9.55 Å². The predicted molar refractivity (Wildman–Crippen MR) is 148 cm³/mol. The van der Waals surface area contributed by atoms with Gasteiger partial charge in [0.25, 0.3) is 0 Å². The zero-order valence-electron chi connectivity index (χ0n) is 19.5. The molecule has 0 aliphatic heterocycles. The van der Waals surface area contributed by atoms with Crippen molar-refractivity contribution in [2.75, 3.05) is 0 Å². The van der Waals surface area contributed by atoms with Crippen molar-refractivity contribution in [3.8, 4) is 5.69 Å².